The number of aryl methyl sites for hydroxylation is 1. The van der Waals surface area contributed by atoms with Crippen LogP contribution in [0, 0.1) is 6.92 Å². The van der Waals surface area contributed by atoms with Gasteiger partial charge in [-0.2, -0.15) is 0 Å². The van der Waals surface area contributed by atoms with Crippen molar-refractivity contribution in [2.75, 3.05) is 13.2 Å². The van der Waals surface area contributed by atoms with Gasteiger partial charge in [0.05, 0.1) is 40.6 Å². The van der Waals surface area contributed by atoms with Gasteiger partial charge in [-0.15, -0.1) is 0 Å². The van der Waals surface area contributed by atoms with Gasteiger partial charge in [-0.05, 0) is 57.5 Å². The standard InChI is InChI=1S/C31H28N2O6S/c1-5-37-29(35)22-9-7-8-21(16-22)24-15-14-23(39-24)17-25-28(34)33-27(20-12-10-18(3)11-13-20)26(30(36)38-6-2)19(4)32-31(33)40-25/h7-17,27H,5-6H2,1-4H3/b25-17-. The highest BCUT2D eigenvalue weighted by Crippen LogP contribution is 2.31. The van der Waals surface area contributed by atoms with E-state index in [1.54, 1.807) is 61.7 Å². The molecule has 3 heterocycles. The lowest BCUT2D eigenvalue weighted by Crippen LogP contribution is -2.39. The highest BCUT2D eigenvalue weighted by molar-refractivity contribution is 7.07. The van der Waals surface area contributed by atoms with Crippen LogP contribution in [-0.2, 0) is 14.3 Å². The quantitative estimate of drug-likeness (QED) is 0.310. The molecular weight excluding hydrogens is 528 g/mol. The molecule has 1 aliphatic heterocycles. The third-order valence-electron chi connectivity index (χ3n) is 6.47. The summed E-state index contributed by atoms with van der Waals surface area (Å²) in [5.74, 6) is 0.111. The number of furan rings is 1. The van der Waals surface area contributed by atoms with E-state index in [1.165, 1.54) is 11.3 Å². The van der Waals surface area contributed by atoms with Crippen molar-refractivity contribution in [3.8, 4) is 11.3 Å². The second-order valence-corrected chi connectivity index (χ2v) is 10.2. The molecular formula is C31H28N2O6S. The summed E-state index contributed by atoms with van der Waals surface area (Å²) in [6, 6.07) is 17.6. The summed E-state index contributed by atoms with van der Waals surface area (Å²) in [6.45, 7) is 7.74. The largest absolute Gasteiger partial charge is 0.463 e. The monoisotopic (exact) mass is 556 g/mol. The van der Waals surface area contributed by atoms with Crippen LogP contribution in [-0.4, -0.2) is 29.7 Å². The first-order valence-corrected chi connectivity index (χ1v) is 13.8. The molecule has 0 bridgehead atoms. The fourth-order valence-electron chi connectivity index (χ4n) is 4.58. The van der Waals surface area contributed by atoms with Crippen molar-refractivity contribution < 1.29 is 23.5 Å². The number of aromatic nitrogens is 1. The van der Waals surface area contributed by atoms with E-state index < -0.39 is 18.0 Å². The van der Waals surface area contributed by atoms with Gasteiger partial charge in [0.25, 0.3) is 5.56 Å². The molecule has 0 fully saturated rings. The second-order valence-electron chi connectivity index (χ2n) is 9.22. The van der Waals surface area contributed by atoms with Crippen LogP contribution >= 0.6 is 11.3 Å². The SMILES string of the molecule is CCOC(=O)C1=C(C)N=c2s/c(=C\c3ccc(-c4cccc(C(=O)OCC)c4)o3)c(=O)n2C1c1ccc(C)cc1. The number of ether oxygens (including phenoxy) is 2. The number of carbonyl (C=O) groups excluding carboxylic acids is 2. The van der Waals surface area contributed by atoms with Crippen LogP contribution in [0.25, 0.3) is 17.4 Å². The summed E-state index contributed by atoms with van der Waals surface area (Å²) >= 11 is 1.23. The lowest BCUT2D eigenvalue weighted by Gasteiger charge is -2.24. The van der Waals surface area contributed by atoms with Crippen molar-refractivity contribution in [3.05, 3.63) is 114 Å². The van der Waals surface area contributed by atoms with E-state index in [0.717, 1.165) is 11.1 Å². The van der Waals surface area contributed by atoms with E-state index in [9.17, 15) is 14.4 Å². The predicted octanol–water partition coefficient (Wildman–Crippen LogP) is 4.54. The van der Waals surface area contributed by atoms with E-state index in [-0.39, 0.29) is 18.8 Å². The van der Waals surface area contributed by atoms with Gasteiger partial charge in [0.15, 0.2) is 4.80 Å². The fourth-order valence-corrected chi connectivity index (χ4v) is 5.61. The first-order valence-electron chi connectivity index (χ1n) is 12.9. The molecule has 8 nitrogen and oxygen atoms in total. The molecule has 2 aromatic heterocycles. The number of carbonyl (C=O) groups is 2. The lowest BCUT2D eigenvalue weighted by atomic mass is 9.95. The molecule has 0 N–H and O–H groups in total. The first kappa shape index (κ1) is 27.1. The van der Waals surface area contributed by atoms with E-state index in [1.807, 2.05) is 37.3 Å². The molecule has 0 radical (unpaired) electrons. The van der Waals surface area contributed by atoms with Gasteiger partial charge >= 0.3 is 11.9 Å². The Balaban J connectivity index is 1.57. The molecule has 4 aromatic rings. The van der Waals surface area contributed by atoms with Crippen LogP contribution in [0.3, 0.4) is 0 Å². The van der Waals surface area contributed by atoms with Gasteiger partial charge in [0.2, 0.25) is 0 Å². The molecule has 0 amide bonds. The van der Waals surface area contributed by atoms with Gasteiger partial charge in [-0.1, -0.05) is 53.3 Å². The Morgan fingerprint density at radius 3 is 2.45 bits per heavy atom. The van der Waals surface area contributed by atoms with Gasteiger partial charge < -0.3 is 13.9 Å². The minimum atomic E-state index is -0.671. The minimum Gasteiger partial charge on any atom is -0.463 e. The van der Waals surface area contributed by atoms with Gasteiger partial charge in [0, 0.05) is 11.6 Å². The molecule has 2 aromatic carbocycles. The number of allylic oxidation sites excluding steroid dienone is 1. The molecule has 1 unspecified atom stereocenters. The van der Waals surface area contributed by atoms with Gasteiger partial charge in [-0.3, -0.25) is 9.36 Å². The number of hydrogen-bond donors (Lipinski definition) is 0. The van der Waals surface area contributed by atoms with Crippen LogP contribution in [0.15, 0.2) is 86.1 Å². The van der Waals surface area contributed by atoms with Crippen LogP contribution in [0.1, 0.15) is 54.1 Å². The van der Waals surface area contributed by atoms with Crippen LogP contribution in [0.5, 0.6) is 0 Å². The van der Waals surface area contributed by atoms with Gasteiger partial charge in [0.1, 0.15) is 11.5 Å². The maximum atomic E-state index is 13.8. The topological polar surface area (TPSA) is 100 Å². The Kier molecular flexibility index (Phi) is 7.66. The summed E-state index contributed by atoms with van der Waals surface area (Å²) in [6.07, 6.45) is 1.66. The van der Waals surface area contributed by atoms with Crippen LogP contribution in [0.4, 0.5) is 0 Å². The third kappa shape index (κ3) is 5.20. The maximum Gasteiger partial charge on any atom is 0.338 e. The van der Waals surface area contributed by atoms with Gasteiger partial charge in [-0.25, -0.2) is 14.6 Å². The van der Waals surface area contributed by atoms with Crippen LogP contribution < -0.4 is 14.9 Å². The molecule has 40 heavy (non-hydrogen) atoms. The minimum absolute atomic E-state index is 0.212. The Labute approximate surface area is 234 Å². The average molecular weight is 557 g/mol. The molecule has 1 aliphatic rings. The highest BCUT2D eigenvalue weighted by Gasteiger charge is 2.33. The summed E-state index contributed by atoms with van der Waals surface area (Å²) in [7, 11) is 0. The number of nitrogens with zero attached hydrogens (tertiary/aromatic N) is 2. The molecule has 0 aliphatic carbocycles. The summed E-state index contributed by atoms with van der Waals surface area (Å²) in [5, 5.41) is 0. The van der Waals surface area contributed by atoms with Crippen LogP contribution in [0.2, 0.25) is 0 Å². The molecule has 0 spiro atoms. The normalized spacial score (nSPS) is 15.0. The number of hydrogen-bond acceptors (Lipinski definition) is 8. The number of esters is 2. The Morgan fingerprint density at radius 2 is 1.73 bits per heavy atom. The Morgan fingerprint density at radius 1 is 1.00 bits per heavy atom. The molecule has 0 saturated heterocycles. The van der Waals surface area contributed by atoms with E-state index in [4.69, 9.17) is 13.9 Å². The molecule has 204 valence electrons. The Bertz CT molecular complexity index is 1810. The fraction of sp³-hybridized carbons (Fsp3) is 0.226. The number of benzene rings is 2. The van der Waals surface area contributed by atoms with Crippen molar-refractivity contribution in [1.82, 2.24) is 4.57 Å². The number of rotatable bonds is 7. The molecule has 5 rings (SSSR count). The predicted molar refractivity (Wildman–Crippen MR) is 152 cm³/mol. The van der Waals surface area contributed by atoms with Crippen molar-refractivity contribution >= 4 is 29.4 Å². The zero-order valence-electron chi connectivity index (χ0n) is 22.6. The zero-order valence-corrected chi connectivity index (χ0v) is 23.4. The summed E-state index contributed by atoms with van der Waals surface area (Å²) in [4.78, 5) is 44.0. The summed E-state index contributed by atoms with van der Waals surface area (Å²) < 4.78 is 18.4. The Hall–Kier alpha value is -4.50. The molecule has 9 heteroatoms. The summed E-state index contributed by atoms with van der Waals surface area (Å²) in [5.41, 5.74) is 3.56. The highest BCUT2D eigenvalue weighted by atomic mass is 32.1. The molecule has 0 saturated carbocycles. The van der Waals surface area contributed by atoms with Crippen molar-refractivity contribution in [3.63, 3.8) is 0 Å². The van der Waals surface area contributed by atoms with Crippen molar-refractivity contribution in [1.29, 1.82) is 0 Å². The first-order chi connectivity index (χ1) is 19.3. The van der Waals surface area contributed by atoms with Crippen molar-refractivity contribution in [2.45, 2.75) is 33.7 Å². The number of thiazole rings is 1. The average Bonchev–Trinajstić information content (AvgIpc) is 3.53. The molecule has 1 atom stereocenters. The van der Waals surface area contributed by atoms with E-state index >= 15 is 0 Å². The second kappa shape index (κ2) is 11.3. The number of fused-ring (bicyclic) bond motifs is 1. The van der Waals surface area contributed by atoms with Crippen molar-refractivity contribution in [2.24, 2.45) is 4.99 Å². The third-order valence-corrected chi connectivity index (χ3v) is 7.45. The maximum absolute atomic E-state index is 13.8. The van der Waals surface area contributed by atoms with E-state index in [2.05, 4.69) is 4.99 Å². The van der Waals surface area contributed by atoms with E-state index in [0.29, 0.717) is 43.3 Å². The smallest absolute Gasteiger partial charge is 0.338 e. The zero-order chi connectivity index (χ0) is 28.4. The lowest BCUT2D eigenvalue weighted by molar-refractivity contribution is -0.139.